The minimum Gasteiger partial charge on any atom is -0.465 e. The van der Waals surface area contributed by atoms with Crippen molar-refractivity contribution >= 4 is 11.9 Å². The highest BCUT2D eigenvalue weighted by molar-refractivity contribution is 5.81. The zero-order valence-corrected chi connectivity index (χ0v) is 8.84. The fourth-order valence-electron chi connectivity index (χ4n) is 1.06. The molecule has 2 heterocycles. The van der Waals surface area contributed by atoms with E-state index < -0.39 is 24.0 Å². The van der Waals surface area contributed by atoms with Gasteiger partial charge in [-0.2, -0.15) is 18.2 Å². The first-order valence-electron chi connectivity index (χ1n) is 4.59. The number of halogens is 3. The van der Waals surface area contributed by atoms with Crippen LogP contribution in [0.15, 0.2) is 16.9 Å². The molecule has 0 aromatic carbocycles. The van der Waals surface area contributed by atoms with Crippen molar-refractivity contribution in [3.63, 3.8) is 0 Å². The number of aromatic nitrogens is 4. The average Bonchev–Trinajstić information content (AvgIpc) is 2.78. The van der Waals surface area contributed by atoms with Gasteiger partial charge < -0.3 is 9.63 Å². The molecular weight excluding hydrogens is 271 g/mol. The lowest BCUT2D eigenvalue weighted by Crippen LogP contribution is -2.09. The molecule has 0 saturated heterocycles. The van der Waals surface area contributed by atoms with E-state index in [9.17, 15) is 18.0 Å². The summed E-state index contributed by atoms with van der Waals surface area (Å²) in [6.45, 7) is 0. The Bertz CT molecular complexity index is 594. The molecule has 0 bridgehead atoms. The predicted molar refractivity (Wildman–Crippen MR) is 52.0 cm³/mol. The molecule has 100 valence electrons. The summed E-state index contributed by atoms with van der Waals surface area (Å²) in [6, 6.07) is 0. The van der Waals surface area contributed by atoms with Crippen molar-refractivity contribution < 1.29 is 27.6 Å². The van der Waals surface area contributed by atoms with E-state index >= 15 is 0 Å². The molecule has 0 saturated carbocycles. The van der Waals surface area contributed by atoms with Crippen LogP contribution in [0.1, 0.15) is 5.89 Å². The van der Waals surface area contributed by atoms with Gasteiger partial charge in [0, 0.05) is 0 Å². The molecular formula is C8H4F3N5O3. The SMILES string of the molecule is O=C(O)Nc1cnc(-c2noc(C(F)(F)F)n2)cn1. The quantitative estimate of drug-likeness (QED) is 0.855. The number of rotatable bonds is 2. The number of alkyl halides is 3. The first-order chi connectivity index (χ1) is 8.86. The van der Waals surface area contributed by atoms with E-state index in [0.29, 0.717) is 0 Å². The van der Waals surface area contributed by atoms with Gasteiger partial charge in [-0.15, -0.1) is 0 Å². The van der Waals surface area contributed by atoms with Crippen molar-refractivity contribution in [1.82, 2.24) is 20.1 Å². The number of carboxylic acid groups (broad SMARTS) is 1. The fraction of sp³-hybridized carbons (Fsp3) is 0.125. The van der Waals surface area contributed by atoms with Crippen LogP contribution in [0.3, 0.4) is 0 Å². The number of nitrogens with zero attached hydrogens (tertiary/aromatic N) is 4. The zero-order chi connectivity index (χ0) is 14.0. The van der Waals surface area contributed by atoms with Crippen LogP contribution in [0, 0.1) is 0 Å². The summed E-state index contributed by atoms with van der Waals surface area (Å²) in [5.74, 6) is -1.99. The smallest absolute Gasteiger partial charge is 0.465 e. The van der Waals surface area contributed by atoms with Gasteiger partial charge in [0.25, 0.3) is 0 Å². The van der Waals surface area contributed by atoms with Gasteiger partial charge in [0.15, 0.2) is 5.82 Å². The summed E-state index contributed by atoms with van der Waals surface area (Å²) < 4.78 is 40.7. The Morgan fingerprint density at radius 3 is 2.53 bits per heavy atom. The number of anilines is 1. The van der Waals surface area contributed by atoms with Gasteiger partial charge in [-0.05, 0) is 0 Å². The molecule has 0 aliphatic rings. The first-order valence-corrected chi connectivity index (χ1v) is 4.59. The topological polar surface area (TPSA) is 114 Å². The molecule has 0 unspecified atom stereocenters. The summed E-state index contributed by atoms with van der Waals surface area (Å²) in [7, 11) is 0. The average molecular weight is 275 g/mol. The summed E-state index contributed by atoms with van der Waals surface area (Å²) in [4.78, 5) is 20.7. The number of hydrogen-bond acceptors (Lipinski definition) is 6. The van der Waals surface area contributed by atoms with E-state index in [0.717, 1.165) is 12.4 Å². The lowest BCUT2D eigenvalue weighted by atomic mass is 10.4. The maximum atomic E-state index is 12.2. The molecule has 0 aliphatic heterocycles. The largest absolute Gasteiger partial charge is 0.471 e. The van der Waals surface area contributed by atoms with Crippen molar-refractivity contribution in [2.24, 2.45) is 0 Å². The molecule has 2 aromatic rings. The lowest BCUT2D eigenvalue weighted by molar-refractivity contribution is -0.159. The predicted octanol–water partition coefficient (Wildman–Crippen LogP) is 1.64. The Kier molecular flexibility index (Phi) is 3.02. The highest BCUT2D eigenvalue weighted by atomic mass is 19.4. The number of carbonyl (C=O) groups is 1. The maximum Gasteiger partial charge on any atom is 0.471 e. The second kappa shape index (κ2) is 4.51. The minimum atomic E-state index is -4.75. The van der Waals surface area contributed by atoms with Crippen LogP contribution in [0.2, 0.25) is 0 Å². The van der Waals surface area contributed by atoms with Gasteiger partial charge in [-0.1, -0.05) is 5.16 Å². The van der Waals surface area contributed by atoms with Crippen LogP contribution in [0.5, 0.6) is 0 Å². The third kappa shape index (κ3) is 2.94. The molecule has 0 atom stereocenters. The van der Waals surface area contributed by atoms with Crippen LogP contribution in [0.4, 0.5) is 23.8 Å². The highest BCUT2D eigenvalue weighted by Crippen LogP contribution is 2.28. The Labute approximate surface area is 102 Å². The molecule has 2 N–H and O–H groups in total. The van der Waals surface area contributed by atoms with E-state index in [1.165, 1.54) is 0 Å². The molecule has 19 heavy (non-hydrogen) atoms. The Morgan fingerprint density at radius 2 is 2.05 bits per heavy atom. The third-order valence-electron chi connectivity index (χ3n) is 1.78. The van der Waals surface area contributed by atoms with Crippen molar-refractivity contribution in [2.45, 2.75) is 6.18 Å². The van der Waals surface area contributed by atoms with E-state index in [1.54, 1.807) is 0 Å². The summed E-state index contributed by atoms with van der Waals surface area (Å²) in [5.41, 5.74) is -0.0878. The van der Waals surface area contributed by atoms with Crippen LogP contribution >= 0.6 is 0 Å². The van der Waals surface area contributed by atoms with E-state index in [4.69, 9.17) is 5.11 Å². The van der Waals surface area contributed by atoms with Gasteiger partial charge >= 0.3 is 18.2 Å². The monoisotopic (exact) mass is 275 g/mol. The van der Waals surface area contributed by atoms with E-state index in [-0.39, 0.29) is 11.5 Å². The molecule has 2 rings (SSSR count). The summed E-state index contributed by atoms with van der Waals surface area (Å²) in [5, 5.41) is 13.4. The summed E-state index contributed by atoms with van der Waals surface area (Å²) in [6.07, 6.45) is -4.08. The van der Waals surface area contributed by atoms with Crippen LogP contribution < -0.4 is 5.32 Å². The number of amides is 1. The van der Waals surface area contributed by atoms with Crippen molar-refractivity contribution in [3.05, 3.63) is 18.3 Å². The standard InChI is InChI=1S/C8H4F3N5O3/c9-8(10,11)6-15-5(16-19-6)3-1-13-4(2-12-3)14-7(17)18/h1-2H,(H,13,14)(H,17,18). The number of hydrogen-bond donors (Lipinski definition) is 2. The fourth-order valence-corrected chi connectivity index (χ4v) is 1.06. The van der Waals surface area contributed by atoms with Crippen molar-refractivity contribution in [2.75, 3.05) is 5.32 Å². The lowest BCUT2D eigenvalue weighted by Gasteiger charge is -1.99. The van der Waals surface area contributed by atoms with Crippen molar-refractivity contribution in [3.8, 4) is 11.5 Å². The first kappa shape index (κ1) is 12.7. The summed E-state index contributed by atoms with van der Waals surface area (Å²) >= 11 is 0. The Morgan fingerprint density at radius 1 is 1.32 bits per heavy atom. The maximum absolute atomic E-state index is 12.2. The number of nitrogens with one attached hydrogen (secondary N) is 1. The van der Waals surface area contributed by atoms with Gasteiger partial charge in [0.2, 0.25) is 5.82 Å². The Hall–Kier alpha value is -2.72. The minimum absolute atomic E-state index is 0.0872. The van der Waals surface area contributed by atoms with Crippen LogP contribution in [-0.4, -0.2) is 31.3 Å². The second-order valence-electron chi connectivity index (χ2n) is 3.14. The highest BCUT2D eigenvalue weighted by Gasteiger charge is 2.38. The van der Waals surface area contributed by atoms with Gasteiger partial charge in [0.1, 0.15) is 5.69 Å². The molecule has 11 heteroatoms. The van der Waals surface area contributed by atoms with Gasteiger partial charge in [-0.3, -0.25) is 5.32 Å². The molecule has 2 aromatic heterocycles. The molecule has 8 nitrogen and oxygen atoms in total. The molecule has 0 spiro atoms. The van der Waals surface area contributed by atoms with Crippen LogP contribution in [-0.2, 0) is 6.18 Å². The van der Waals surface area contributed by atoms with Gasteiger partial charge in [0.05, 0.1) is 12.4 Å². The van der Waals surface area contributed by atoms with E-state index in [2.05, 4.69) is 24.6 Å². The van der Waals surface area contributed by atoms with Crippen molar-refractivity contribution in [1.29, 1.82) is 0 Å². The zero-order valence-electron chi connectivity index (χ0n) is 8.84. The van der Waals surface area contributed by atoms with Crippen LogP contribution in [0.25, 0.3) is 11.5 Å². The molecule has 0 radical (unpaired) electrons. The molecule has 1 amide bonds. The Balaban J connectivity index is 2.23. The second-order valence-corrected chi connectivity index (χ2v) is 3.14. The molecule has 0 aliphatic carbocycles. The van der Waals surface area contributed by atoms with Gasteiger partial charge in [-0.25, -0.2) is 14.8 Å². The molecule has 0 fully saturated rings. The van der Waals surface area contributed by atoms with E-state index in [1.807, 2.05) is 5.32 Å². The normalized spacial score (nSPS) is 11.3. The third-order valence-corrected chi connectivity index (χ3v) is 1.78.